The second kappa shape index (κ2) is 8.89. The molecule has 0 bridgehead atoms. The van der Waals surface area contributed by atoms with Gasteiger partial charge in [-0.05, 0) is 22.9 Å². The number of hydrogen-bond donors (Lipinski definition) is 5. The Labute approximate surface area is 177 Å². The number of pyridine rings is 1. The van der Waals surface area contributed by atoms with Crippen LogP contribution in [-0.2, 0) is 31.6 Å². The summed E-state index contributed by atoms with van der Waals surface area (Å²) >= 11 is 6.87. The minimum atomic E-state index is -5.62. The molecule has 3 heterocycles. The Morgan fingerprint density at radius 1 is 1.17 bits per heavy atom. The van der Waals surface area contributed by atoms with Crippen molar-refractivity contribution in [3.63, 3.8) is 0 Å². The van der Waals surface area contributed by atoms with E-state index in [1.54, 1.807) is 10.8 Å². The molecule has 30 heavy (non-hydrogen) atoms. The SMILES string of the molecule is O=P(O)(O)OP(=O)(O)OP(=O)(O)OC[C@H]1O[C@@H](n2ccc3ccsc3c2=S)C[C@@H]1O. The number of nitrogens with zero attached hydrogens (tertiary/aromatic N) is 1. The third kappa shape index (κ3) is 6.12. The van der Waals surface area contributed by atoms with Crippen molar-refractivity contribution in [1.29, 1.82) is 0 Å². The summed E-state index contributed by atoms with van der Waals surface area (Å²) in [5, 5.41) is 13.0. The molecule has 0 amide bonds. The molecular weight excluding hydrogens is 507 g/mol. The van der Waals surface area contributed by atoms with Crippen molar-refractivity contribution < 1.29 is 56.3 Å². The Morgan fingerprint density at radius 3 is 2.53 bits per heavy atom. The fourth-order valence-electron chi connectivity index (χ4n) is 2.70. The zero-order valence-electron chi connectivity index (χ0n) is 14.7. The Hall–Kier alpha value is -0.340. The van der Waals surface area contributed by atoms with Gasteiger partial charge in [-0.3, -0.25) is 4.52 Å². The van der Waals surface area contributed by atoms with Gasteiger partial charge in [-0.25, -0.2) is 13.7 Å². The van der Waals surface area contributed by atoms with Crippen LogP contribution in [0.15, 0.2) is 23.7 Å². The first-order valence-electron chi connectivity index (χ1n) is 7.96. The van der Waals surface area contributed by atoms with Crippen LogP contribution in [0, 0.1) is 4.64 Å². The summed E-state index contributed by atoms with van der Waals surface area (Å²) in [6.45, 7) is -0.740. The molecule has 1 aliphatic heterocycles. The fraction of sp³-hybridized carbons (Fsp3) is 0.417. The van der Waals surface area contributed by atoms with Crippen LogP contribution in [0.2, 0.25) is 0 Å². The first kappa shape index (κ1) is 24.3. The summed E-state index contributed by atoms with van der Waals surface area (Å²) in [6.07, 6.45) is -1.20. The number of hydrogen-bond acceptors (Lipinski definition) is 10. The first-order chi connectivity index (χ1) is 13.8. The van der Waals surface area contributed by atoms with Crippen molar-refractivity contribution in [2.45, 2.75) is 24.9 Å². The van der Waals surface area contributed by atoms with E-state index >= 15 is 0 Å². The average molecular weight is 523 g/mol. The summed E-state index contributed by atoms with van der Waals surface area (Å²) in [4.78, 5) is 35.6. The molecule has 168 valence electrons. The van der Waals surface area contributed by atoms with Gasteiger partial charge in [0.25, 0.3) is 0 Å². The molecule has 5 atom stereocenters. The molecule has 2 unspecified atom stereocenters. The Morgan fingerprint density at radius 2 is 1.87 bits per heavy atom. The quantitative estimate of drug-likeness (QED) is 0.250. The lowest BCUT2D eigenvalue weighted by atomic mass is 10.2. The minimum absolute atomic E-state index is 0.0790. The topological polar surface area (TPSA) is 194 Å². The highest BCUT2D eigenvalue weighted by Crippen LogP contribution is 2.66. The molecule has 2 aromatic heterocycles. The molecule has 0 aliphatic carbocycles. The zero-order chi connectivity index (χ0) is 22.3. The van der Waals surface area contributed by atoms with Crippen LogP contribution in [-0.4, -0.2) is 48.1 Å². The standard InChI is InChI=1S/C12H16NO12P3S2/c14-8-5-10(13-3-1-7-2-4-30-11(7)12(13)29)23-9(8)6-22-27(18,19)25-28(20,21)24-26(15,16)17/h1-4,8-10,14H,5-6H2,(H,18,19)(H,20,21)(H2,15,16,17)/t8-,9+,10+/m0/s1. The molecule has 0 aromatic carbocycles. The van der Waals surface area contributed by atoms with Gasteiger partial charge >= 0.3 is 23.5 Å². The highest BCUT2D eigenvalue weighted by Gasteiger charge is 2.42. The lowest BCUT2D eigenvalue weighted by Gasteiger charge is -2.19. The van der Waals surface area contributed by atoms with E-state index in [2.05, 4.69) is 13.1 Å². The number of fused-ring (bicyclic) bond motifs is 1. The zero-order valence-corrected chi connectivity index (χ0v) is 19.0. The molecule has 1 aliphatic rings. The van der Waals surface area contributed by atoms with Gasteiger partial charge in [0.15, 0.2) is 0 Å². The maximum absolute atomic E-state index is 11.8. The van der Waals surface area contributed by atoms with Crippen LogP contribution in [0.25, 0.3) is 10.1 Å². The average Bonchev–Trinajstić information content (AvgIpc) is 3.17. The molecule has 3 rings (SSSR count). The number of ether oxygens (including phenoxy) is 1. The molecule has 18 heteroatoms. The highest BCUT2D eigenvalue weighted by atomic mass is 32.1. The smallest absolute Gasteiger partial charge is 0.390 e. The largest absolute Gasteiger partial charge is 0.490 e. The van der Waals surface area contributed by atoms with Gasteiger partial charge in [0.1, 0.15) is 17.0 Å². The van der Waals surface area contributed by atoms with E-state index in [0.29, 0.717) is 4.64 Å². The van der Waals surface area contributed by atoms with Crippen LogP contribution < -0.4 is 0 Å². The maximum atomic E-state index is 11.8. The predicted octanol–water partition coefficient (Wildman–Crippen LogP) is 2.42. The molecule has 13 nitrogen and oxygen atoms in total. The van der Waals surface area contributed by atoms with Crippen molar-refractivity contribution in [1.82, 2.24) is 4.57 Å². The minimum Gasteiger partial charge on any atom is -0.390 e. The molecule has 0 saturated carbocycles. The summed E-state index contributed by atoms with van der Waals surface area (Å²) in [5.41, 5.74) is 0. The Kier molecular flexibility index (Phi) is 7.20. The summed E-state index contributed by atoms with van der Waals surface area (Å²) in [6, 6.07) is 3.72. The van der Waals surface area contributed by atoms with Crippen LogP contribution >= 0.6 is 47.0 Å². The summed E-state index contributed by atoms with van der Waals surface area (Å²) in [5.74, 6) is 0. The maximum Gasteiger partial charge on any atom is 0.490 e. The van der Waals surface area contributed by atoms with Crippen molar-refractivity contribution >= 4 is 57.1 Å². The first-order valence-corrected chi connectivity index (χ1v) is 13.8. The third-order valence-corrected chi connectivity index (χ3v) is 9.16. The lowest BCUT2D eigenvalue weighted by Crippen LogP contribution is -2.26. The molecule has 0 radical (unpaired) electrons. The molecule has 5 N–H and O–H groups in total. The van der Waals surface area contributed by atoms with Crippen LogP contribution in [0.3, 0.4) is 0 Å². The van der Waals surface area contributed by atoms with Crippen molar-refractivity contribution in [3.8, 4) is 0 Å². The van der Waals surface area contributed by atoms with Gasteiger partial charge in [0, 0.05) is 12.6 Å². The molecule has 1 saturated heterocycles. The van der Waals surface area contributed by atoms with Crippen molar-refractivity contribution in [2.24, 2.45) is 0 Å². The summed E-state index contributed by atoms with van der Waals surface area (Å²) < 4.78 is 54.0. The van der Waals surface area contributed by atoms with E-state index in [9.17, 15) is 23.7 Å². The van der Waals surface area contributed by atoms with E-state index in [0.717, 1.165) is 10.1 Å². The molecular formula is C12H16NO12P3S2. The number of rotatable bonds is 8. The number of thiophene rings is 1. The fourth-order valence-corrected chi connectivity index (χ4v) is 7.00. The molecule has 1 fully saturated rings. The second-order valence-electron chi connectivity index (χ2n) is 6.05. The molecule has 2 aromatic rings. The van der Waals surface area contributed by atoms with E-state index in [1.165, 1.54) is 11.3 Å². The normalized spacial score (nSPS) is 26.5. The van der Waals surface area contributed by atoms with E-state index < -0.39 is 48.5 Å². The van der Waals surface area contributed by atoms with Gasteiger partial charge in [-0.1, -0.05) is 12.2 Å². The van der Waals surface area contributed by atoms with Crippen LogP contribution in [0.4, 0.5) is 0 Å². The van der Waals surface area contributed by atoms with Crippen LogP contribution in [0.1, 0.15) is 12.6 Å². The highest BCUT2D eigenvalue weighted by molar-refractivity contribution is 7.71. The number of phosphoric ester groups is 1. The molecule has 0 spiro atoms. The number of aliphatic hydroxyl groups excluding tert-OH is 1. The monoisotopic (exact) mass is 523 g/mol. The van der Waals surface area contributed by atoms with Gasteiger partial charge in [-0.15, -0.1) is 11.3 Å². The lowest BCUT2D eigenvalue weighted by molar-refractivity contribution is -0.0438. The van der Waals surface area contributed by atoms with Crippen molar-refractivity contribution in [3.05, 3.63) is 28.4 Å². The Bertz CT molecular complexity index is 1130. The second-order valence-corrected chi connectivity index (χ2v) is 11.8. The number of phosphoric acid groups is 3. The van der Waals surface area contributed by atoms with Gasteiger partial charge in [-0.2, -0.15) is 8.62 Å². The number of aliphatic hydroxyl groups is 1. The Balaban J connectivity index is 1.64. The predicted molar refractivity (Wildman–Crippen MR) is 105 cm³/mol. The van der Waals surface area contributed by atoms with Gasteiger partial charge in [0.05, 0.1) is 17.4 Å². The summed E-state index contributed by atoms with van der Waals surface area (Å²) in [7, 11) is -16.4. The van der Waals surface area contributed by atoms with Gasteiger partial charge < -0.3 is 34.0 Å². The van der Waals surface area contributed by atoms with Crippen LogP contribution in [0.5, 0.6) is 0 Å². The van der Waals surface area contributed by atoms with E-state index in [4.69, 9.17) is 31.6 Å². The van der Waals surface area contributed by atoms with E-state index in [-0.39, 0.29) is 6.42 Å². The third-order valence-electron chi connectivity index (χ3n) is 3.87. The van der Waals surface area contributed by atoms with Crippen molar-refractivity contribution in [2.75, 3.05) is 6.61 Å². The van der Waals surface area contributed by atoms with E-state index in [1.807, 2.05) is 17.5 Å². The number of aromatic nitrogens is 1. The van der Waals surface area contributed by atoms with Gasteiger partial charge in [0.2, 0.25) is 0 Å².